The van der Waals surface area contributed by atoms with Crippen LogP contribution in [-0.2, 0) is 22.7 Å². The molecule has 0 saturated carbocycles. The summed E-state index contributed by atoms with van der Waals surface area (Å²) in [4.78, 5) is 29.2. The first-order valence-corrected chi connectivity index (χ1v) is 10.7. The van der Waals surface area contributed by atoms with E-state index in [2.05, 4.69) is 17.2 Å². The summed E-state index contributed by atoms with van der Waals surface area (Å²) in [5.74, 6) is -0.256. The molecule has 1 aromatic heterocycles. The predicted octanol–water partition coefficient (Wildman–Crippen LogP) is 3.50. The minimum Gasteiger partial charge on any atom is -0.341 e. The van der Waals surface area contributed by atoms with Gasteiger partial charge in [0.05, 0.1) is 24.7 Å². The fraction of sp³-hybridized carbons (Fsp3) is 0.320. The van der Waals surface area contributed by atoms with E-state index in [1.54, 1.807) is 18.1 Å². The molecular formula is C25H28N4O2. The first-order chi connectivity index (χ1) is 15.0. The van der Waals surface area contributed by atoms with E-state index in [1.807, 2.05) is 71.2 Å². The third kappa shape index (κ3) is 4.85. The van der Waals surface area contributed by atoms with Crippen molar-refractivity contribution in [2.75, 3.05) is 13.6 Å². The smallest absolute Gasteiger partial charge is 0.228 e. The molecule has 1 fully saturated rings. The summed E-state index contributed by atoms with van der Waals surface area (Å²) in [7, 11) is 1.80. The fourth-order valence-electron chi connectivity index (χ4n) is 4.19. The van der Waals surface area contributed by atoms with Crippen molar-refractivity contribution in [3.8, 4) is 0 Å². The zero-order chi connectivity index (χ0) is 21.8. The molecule has 0 radical (unpaired) electrons. The first kappa shape index (κ1) is 20.8. The van der Waals surface area contributed by atoms with Crippen molar-refractivity contribution in [2.24, 2.45) is 5.92 Å². The molecule has 160 valence electrons. The van der Waals surface area contributed by atoms with Crippen molar-refractivity contribution in [1.82, 2.24) is 19.6 Å². The normalized spacial score (nSPS) is 17.0. The summed E-state index contributed by atoms with van der Waals surface area (Å²) in [6.45, 7) is 3.66. The van der Waals surface area contributed by atoms with Crippen molar-refractivity contribution in [3.63, 3.8) is 0 Å². The van der Waals surface area contributed by atoms with E-state index in [-0.39, 0.29) is 30.2 Å². The molecule has 31 heavy (non-hydrogen) atoms. The lowest BCUT2D eigenvalue weighted by molar-refractivity contribution is -0.135. The number of hydrogen-bond donors (Lipinski definition) is 0. The summed E-state index contributed by atoms with van der Waals surface area (Å²) in [6.07, 6.45) is 4.05. The van der Waals surface area contributed by atoms with Gasteiger partial charge in [0.15, 0.2) is 0 Å². The number of hydrogen-bond acceptors (Lipinski definition) is 3. The van der Waals surface area contributed by atoms with E-state index in [0.717, 1.165) is 11.1 Å². The third-order valence-electron chi connectivity index (χ3n) is 5.93. The van der Waals surface area contributed by atoms with Crippen LogP contribution in [-0.4, -0.2) is 45.0 Å². The van der Waals surface area contributed by atoms with Crippen molar-refractivity contribution in [2.45, 2.75) is 32.5 Å². The van der Waals surface area contributed by atoms with E-state index in [0.29, 0.717) is 19.6 Å². The van der Waals surface area contributed by atoms with Crippen molar-refractivity contribution in [1.29, 1.82) is 0 Å². The van der Waals surface area contributed by atoms with Gasteiger partial charge in [0.2, 0.25) is 11.8 Å². The van der Waals surface area contributed by atoms with Gasteiger partial charge in [0, 0.05) is 38.3 Å². The summed E-state index contributed by atoms with van der Waals surface area (Å²) in [6, 6.07) is 20.1. The van der Waals surface area contributed by atoms with Gasteiger partial charge in [-0.3, -0.25) is 14.3 Å². The van der Waals surface area contributed by atoms with Crippen LogP contribution in [0.25, 0.3) is 0 Å². The Hall–Kier alpha value is -3.41. The van der Waals surface area contributed by atoms with E-state index in [1.165, 1.54) is 5.56 Å². The molecule has 0 unspecified atom stereocenters. The Kier molecular flexibility index (Phi) is 6.16. The Morgan fingerprint density at radius 3 is 2.48 bits per heavy atom. The molecule has 0 aliphatic carbocycles. The van der Waals surface area contributed by atoms with E-state index in [9.17, 15) is 9.59 Å². The first-order valence-electron chi connectivity index (χ1n) is 10.7. The summed E-state index contributed by atoms with van der Waals surface area (Å²) >= 11 is 0. The zero-order valence-corrected chi connectivity index (χ0v) is 18.0. The van der Waals surface area contributed by atoms with Crippen molar-refractivity contribution >= 4 is 11.8 Å². The topological polar surface area (TPSA) is 58.4 Å². The fourth-order valence-corrected chi connectivity index (χ4v) is 4.19. The lowest BCUT2D eigenvalue weighted by Crippen LogP contribution is -2.34. The number of amides is 2. The van der Waals surface area contributed by atoms with E-state index >= 15 is 0 Å². The maximum atomic E-state index is 13.0. The van der Waals surface area contributed by atoms with Crippen LogP contribution in [0.4, 0.5) is 0 Å². The molecule has 2 heterocycles. The Balaban J connectivity index is 1.35. The average Bonchev–Trinajstić information content (AvgIpc) is 3.40. The molecule has 3 aromatic rings. The minimum absolute atomic E-state index is 0.00641. The van der Waals surface area contributed by atoms with Gasteiger partial charge in [-0.1, -0.05) is 60.7 Å². The van der Waals surface area contributed by atoms with Crippen molar-refractivity contribution in [3.05, 3.63) is 89.7 Å². The van der Waals surface area contributed by atoms with E-state index in [4.69, 9.17) is 0 Å². The van der Waals surface area contributed by atoms with Gasteiger partial charge in [-0.2, -0.15) is 5.10 Å². The van der Waals surface area contributed by atoms with Gasteiger partial charge >= 0.3 is 0 Å². The highest BCUT2D eigenvalue weighted by Gasteiger charge is 2.38. The lowest BCUT2D eigenvalue weighted by atomic mass is 10.1. The summed E-state index contributed by atoms with van der Waals surface area (Å²) in [5, 5.41) is 4.42. The van der Waals surface area contributed by atoms with E-state index < -0.39 is 0 Å². The molecule has 1 saturated heterocycles. The molecule has 0 N–H and O–H groups in total. The molecular weight excluding hydrogens is 388 g/mol. The van der Waals surface area contributed by atoms with Crippen LogP contribution in [0, 0.1) is 5.92 Å². The predicted molar refractivity (Wildman–Crippen MR) is 119 cm³/mol. The Morgan fingerprint density at radius 1 is 1.10 bits per heavy atom. The highest BCUT2D eigenvalue weighted by molar-refractivity contribution is 5.89. The number of likely N-dealkylation sites (tertiary alicyclic amines) is 1. The second-order valence-electron chi connectivity index (χ2n) is 8.26. The molecule has 1 aliphatic rings. The lowest BCUT2D eigenvalue weighted by Gasteiger charge is -2.26. The average molecular weight is 417 g/mol. The van der Waals surface area contributed by atoms with Crippen LogP contribution in [0.15, 0.2) is 73.1 Å². The second kappa shape index (κ2) is 9.16. The highest BCUT2D eigenvalue weighted by atomic mass is 16.2. The zero-order valence-electron chi connectivity index (χ0n) is 18.0. The van der Waals surface area contributed by atoms with Crippen LogP contribution in [0.5, 0.6) is 0 Å². The molecule has 1 aliphatic heterocycles. The number of benzene rings is 2. The van der Waals surface area contributed by atoms with Gasteiger partial charge in [-0.25, -0.2) is 0 Å². The van der Waals surface area contributed by atoms with Crippen LogP contribution in [0.3, 0.4) is 0 Å². The Bertz CT molecular complexity index is 1030. The van der Waals surface area contributed by atoms with Crippen molar-refractivity contribution < 1.29 is 9.59 Å². The molecule has 2 atom stereocenters. The summed E-state index contributed by atoms with van der Waals surface area (Å²) < 4.78 is 1.88. The monoisotopic (exact) mass is 416 g/mol. The maximum absolute atomic E-state index is 13.0. The van der Waals surface area contributed by atoms with Gasteiger partial charge in [-0.15, -0.1) is 0 Å². The van der Waals surface area contributed by atoms with Gasteiger partial charge < -0.3 is 9.80 Å². The van der Waals surface area contributed by atoms with Crippen LogP contribution in [0.2, 0.25) is 0 Å². The minimum atomic E-state index is -0.303. The maximum Gasteiger partial charge on any atom is 0.228 e. The molecule has 6 nitrogen and oxygen atoms in total. The number of carbonyl (C=O) groups excluding carboxylic acids is 2. The van der Waals surface area contributed by atoms with Crippen LogP contribution < -0.4 is 0 Å². The molecule has 4 rings (SSSR count). The number of nitrogens with zero attached hydrogens (tertiary/aromatic N) is 4. The Morgan fingerprint density at radius 2 is 1.77 bits per heavy atom. The second-order valence-corrected chi connectivity index (χ2v) is 8.26. The van der Waals surface area contributed by atoms with Gasteiger partial charge in [0.1, 0.15) is 0 Å². The molecule has 2 amide bonds. The molecule has 2 aromatic carbocycles. The SMILES string of the molecule is C[C@@H](c1ccccc1)N1C[C@@H](C(=O)N(C)Cc2cnn(Cc3ccccc3)c2)CC1=O. The number of rotatable bonds is 7. The van der Waals surface area contributed by atoms with Crippen LogP contribution >= 0.6 is 0 Å². The Labute approximate surface area is 183 Å². The number of aromatic nitrogens is 2. The number of carbonyl (C=O) groups is 2. The quantitative estimate of drug-likeness (QED) is 0.592. The third-order valence-corrected chi connectivity index (χ3v) is 5.93. The van der Waals surface area contributed by atoms with Gasteiger partial charge in [0.25, 0.3) is 0 Å². The highest BCUT2D eigenvalue weighted by Crippen LogP contribution is 2.29. The van der Waals surface area contributed by atoms with Gasteiger partial charge in [-0.05, 0) is 18.1 Å². The molecule has 6 heteroatoms. The largest absolute Gasteiger partial charge is 0.341 e. The molecule has 0 spiro atoms. The van der Waals surface area contributed by atoms with Crippen LogP contribution in [0.1, 0.15) is 36.1 Å². The summed E-state index contributed by atoms with van der Waals surface area (Å²) in [5.41, 5.74) is 3.24. The standard InChI is InChI=1S/C25H28N4O2/c1-19(22-11-7-4-8-12-22)29-18-23(13-24(29)30)25(31)27(2)15-21-14-26-28(17-21)16-20-9-5-3-6-10-20/h3-12,14,17,19,23H,13,15-16,18H2,1-2H3/t19-,23-/m0/s1. The molecule has 0 bridgehead atoms.